The number of benzene rings is 2. The molecule has 1 aliphatic heterocycles. The summed E-state index contributed by atoms with van der Waals surface area (Å²) in [7, 11) is 0. The molecule has 2 aromatic rings. The van der Waals surface area contributed by atoms with E-state index < -0.39 is 28.4 Å². The van der Waals surface area contributed by atoms with E-state index in [0.717, 1.165) is 0 Å². The molecule has 1 aliphatic rings. The lowest BCUT2D eigenvalue weighted by Gasteiger charge is -2.26. The molecule has 0 aliphatic carbocycles. The first-order chi connectivity index (χ1) is 14.9. The van der Waals surface area contributed by atoms with Crippen molar-refractivity contribution in [3.8, 4) is 0 Å². The number of nitrogens with zero attached hydrogens (tertiary/aromatic N) is 2. The Kier molecular flexibility index (Phi) is 7.01. The number of hydrogen-bond acceptors (Lipinski definition) is 7. The van der Waals surface area contributed by atoms with Crippen LogP contribution in [0.4, 0.5) is 5.69 Å². The van der Waals surface area contributed by atoms with E-state index in [1.165, 1.54) is 29.2 Å². The fourth-order valence-electron chi connectivity index (χ4n) is 3.36. The van der Waals surface area contributed by atoms with Crippen LogP contribution in [0, 0.1) is 10.1 Å². The molecule has 9 nitrogen and oxygen atoms in total. The minimum absolute atomic E-state index is 0.0253. The Morgan fingerprint density at radius 1 is 1.13 bits per heavy atom. The van der Waals surface area contributed by atoms with E-state index in [9.17, 15) is 24.8 Å². The van der Waals surface area contributed by atoms with Gasteiger partial charge in [-0.15, -0.1) is 0 Å². The summed E-state index contributed by atoms with van der Waals surface area (Å²) in [5.74, 6) is -2.19. The van der Waals surface area contributed by atoms with Gasteiger partial charge in [-0.1, -0.05) is 29.8 Å². The number of carbonyl (C=O) groups is 2. The maximum Gasteiger partial charge on any atom is 0.295 e. The lowest BCUT2D eigenvalue weighted by molar-refractivity contribution is -0.384. The van der Waals surface area contributed by atoms with Gasteiger partial charge in [0.1, 0.15) is 5.76 Å². The minimum atomic E-state index is -0.971. The van der Waals surface area contributed by atoms with Gasteiger partial charge in [0.25, 0.3) is 17.4 Å². The van der Waals surface area contributed by atoms with Crippen LogP contribution in [0.15, 0.2) is 54.1 Å². The zero-order valence-electron chi connectivity index (χ0n) is 16.2. The Hall–Kier alpha value is -3.27. The monoisotopic (exact) mass is 446 g/mol. The van der Waals surface area contributed by atoms with E-state index in [4.69, 9.17) is 21.4 Å². The molecular weight excluding hydrogens is 428 g/mol. The zero-order valence-corrected chi connectivity index (χ0v) is 17.0. The van der Waals surface area contributed by atoms with E-state index in [1.807, 2.05) is 0 Å². The third-order valence-electron chi connectivity index (χ3n) is 4.80. The number of rotatable bonds is 8. The number of aliphatic hydroxyl groups excluding tert-OH is 2. The Balaban J connectivity index is 2.08. The second-order valence-corrected chi connectivity index (χ2v) is 7.06. The van der Waals surface area contributed by atoms with E-state index in [2.05, 4.69) is 0 Å². The molecule has 0 saturated carbocycles. The van der Waals surface area contributed by atoms with Crippen LogP contribution in [0.3, 0.4) is 0 Å². The maximum absolute atomic E-state index is 12.8. The topological polar surface area (TPSA) is 130 Å². The van der Waals surface area contributed by atoms with Crippen molar-refractivity contribution in [1.82, 2.24) is 4.90 Å². The van der Waals surface area contributed by atoms with Crippen molar-refractivity contribution in [2.75, 3.05) is 26.4 Å². The Bertz CT molecular complexity index is 1040. The number of amides is 1. The number of non-ortho nitro benzene ring substituents is 1. The third kappa shape index (κ3) is 4.58. The molecule has 0 radical (unpaired) electrons. The van der Waals surface area contributed by atoms with Crippen LogP contribution in [0.2, 0.25) is 5.02 Å². The molecule has 1 heterocycles. The summed E-state index contributed by atoms with van der Waals surface area (Å²) < 4.78 is 5.23. The van der Waals surface area contributed by atoms with Gasteiger partial charge in [-0.25, -0.2) is 0 Å². The maximum atomic E-state index is 12.8. The molecule has 1 fully saturated rings. The van der Waals surface area contributed by atoms with Gasteiger partial charge in [-0.2, -0.15) is 0 Å². The molecule has 31 heavy (non-hydrogen) atoms. The van der Waals surface area contributed by atoms with Gasteiger partial charge < -0.3 is 19.8 Å². The molecule has 0 spiro atoms. The fourth-order valence-corrected chi connectivity index (χ4v) is 3.60. The predicted molar refractivity (Wildman–Crippen MR) is 111 cm³/mol. The van der Waals surface area contributed by atoms with Gasteiger partial charge in [0.15, 0.2) is 0 Å². The summed E-state index contributed by atoms with van der Waals surface area (Å²) in [5.41, 5.74) is 0.237. The number of likely N-dealkylation sites (tertiary alicyclic amines) is 1. The molecule has 3 rings (SSSR count). The van der Waals surface area contributed by atoms with Gasteiger partial charge >= 0.3 is 0 Å². The molecule has 0 bridgehead atoms. The Labute approximate surface area is 182 Å². The van der Waals surface area contributed by atoms with Crippen LogP contribution in [0.1, 0.15) is 17.2 Å². The number of ether oxygens (including phenoxy) is 1. The summed E-state index contributed by atoms with van der Waals surface area (Å²) >= 11 is 6.33. The SMILES string of the molecule is O=C1C(=O)N(CCOCCO)C(c2ccccc2Cl)C1=C(O)c1ccc([N+](=O)[O-])cc1. The standard InChI is InChI=1S/C21H19ClN2O7/c22-16-4-2-1-3-15(16)18-17(19(26)13-5-7-14(8-6-13)24(29)30)20(27)21(28)23(18)9-11-31-12-10-25/h1-8,18,25-26H,9-12H2. The fraction of sp³-hybridized carbons (Fsp3) is 0.238. The molecule has 1 atom stereocenters. The second-order valence-electron chi connectivity index (χ2n) is 6.65. The van der Waals surface area contributed by atoms with E-state index >= 15 is 0 Å². The number of nitro groups is 1. The second kappa shape index (κ2) is 9.69. The van der Waals surface area contributed by atoms with Crippen LogP contribution in [0.25, 0.3) is 5.76 Å². The van der Waals surface area contributed by atoms with Crippen molar-refractivity contribution >= 4 is 34.7 Å². The first-order valence-corrected chi connectivity index (χ1v) is 9.71. The summed E-state index contributed by atoms with van der Waals surface area (Å²) in [6, 6.07) is 10.6. The molecule has 0 aromatic heterocycles. The number of ketones is 1. The van der Waals surface area contributed by atoms with Crippen molar-refractivity contribution in [3.05, 3.63) is 80.4 Å². The smallest absolute Gasteiger partial charge is 0.295 e. The molecule has 162 valence electrons. The summed E-state index contributed by atoms with van der Waals surface area (Å²) in [6.07, 6.45) is 0. The average molecular weight is 447 g/mol. The van der Waals surface area contributed by atoms with Crippen LogP contribution < -0.4 is 0 Å². The molecular formula is C21H19ClN2O7. The minimum Gasteiger partial charge on any atom is -0.507 e. The van der Waals surface area contributed by atoms with Crippen molar-refractivity contribution < 1.29 is 29.5 Å². The number of aliphatic hydroxyl groups is 2. The molecule has 2 aromatic carbocycles. The van der Waals surface area contributed by atoms with E-state index in [1.54, 1.807) is 24.3 Å². The molecule has 1 amide bonds. The highest BCUT2D eigenvalue weighted by Crippen LogP contribution is 2.41. The van der Waals surface area contributed by atoms with Gasteiger partial charge in [0, 0.05) is 29.3 Å². The first-order valence-electron chi connectivity index (χ1n) is 9.33. The van der Waals surface area contributed by atoms with Crippen LogP contribution in [-0.2, 0) is 14.3 Å². The normalized spacial score (nSPS) is 17.9. The van der Waals surface area contributed by atoms with Gasteiger partial charge in [0.2, 0.25) is 0 Å². The van der Waals surface area contributed by atoms with Crippen molar-refractivity contribution in [2.45, 2.75) is 6.04 Å². The number of hydrogen-bond donors (Lipinski definition) is 2. The lowest BCUT2D eigenvalue weighted by Crippen LogP contribution is -2.33. The number of carbonyl (C=O) groups excluding carboxylic acids is 2. The average Bonchev–Trinajstić information content (AvgIpc) is 3.01. The van der Waals surface area contributed by atoms with Crippen LogP contribution >= 0.6 is 11.6 Å². The molecule has 2 N–H and O–H groups in total. The number of nitro benzene ring substituents is 1. The first kappa shape index (κ1) is 22.4. The highest BCUT2D eigenvalue weighted by Gasteiger charge is 2.46. The highest BCUT2D eigenvalue weighted by molar-refractivity contribution is 6.47. The number of Topliss-reactive ketones (excluding diaryl/α,β-unsaturated/α-hetero) is 1. The summed E-state index contributed by atoms with van der Waals surface area (Å²) in [6.45, 7) is -0.0278. The van der Waals surface area contributed by atoms with Crippen molar-refractivity contribution in [1.29, 1.82) is 0 Å². The third-order valence-corrected chi connectivity index (χ3v) is 5.15. The summed E-state index contributed by atoms with van der Waals surface area (Å²) in [5, 5.41) is 30.9. The van der Waals surface area contributed by atoms with E-state index in [0.29, 0.717) is 10.6 Å². The van der Waals surface area contributed by atoms with Gasteiger partial charge in [-0.05, 0) is 23.8 Å². The highest BCUT2D eigenvalue weighted by atomic mass is 35.5. The van der Waals surface area contributed by atoms with E-state index in [-0.39, 0.29) is 43.2 Å². The molecule has 10 heteroatoms. The largest absolute Gasteiger partial charge is 0.507 e. The van der Waals surface area contributed by atoms with Crippen LogP contribution in [0.5, 0.6) is 0 Å². The quantitative estimate of drug-likeness (QED) is 0.159. The van der Waals surface area contributed by atoms with Crippen molar-refractivity contribution in [3.63, 3.8) is 0 Å². The Morgan fingerprint density at radius 3 is 2.42 bits per heavy atom. The zero-order chi connectivity index (χ0) is 22.5. The predicted octanol–water partition coefficient (Wildman–Crippen LogP) is 2.68. The molecule has 1 saturated heterocycles. The van der Waals surface area contributed by atoms with Crippen molar-refractivity contribution in [2.24, 2.45) is 0 Å². The Morgan fingerprint density at radius 2 is 1.81 bits per heavy atom. The van der Waals surface area contributed by atoms with Crippen LogP contribution in [-0.4, -0.2) is 58.1 Å². The summed E-state index contributed by atoms with van der Waals surface area (Å²) in [4.78, 5) is 37.1. The number of halogens is 1. The lowest BCUT2D eigenvalue weighted by atomic mass is 9.95. The van der Waals surface area contributed by atoms with Gasteiger partial charge in [0.05, 0.1) is 36.4 Å². The van der Waals surface area contributed by atoms with Gasteiger partial charge in [-0.3, -0.25) is 19.7 Å². The molecule has 1 unspecified atom stereocenters.